The Balaban J connectivity index is 0.000000980. The molecule has 1 heterocycles. The van der Waals surface area contributed by atoms with Crippen molar-refractivity contribution in [3.63, 3.8) is 0 Å². The molecule has 15 heavy (non-hydrogen) atoms. The molecule has 0 aliphatic carbocycles. The third kappa shape index (κ3) is 5.00. The summed E-state index contributed by atoms with van der Waals surface area (Å²) in [5.41, 5.74) is 1.28. The molecule has 1 aromatic carbocycles. The molecule has 0 unspecified atom stereocenters. The fraction of sp³-hybridized carbons (Fsp3) is 0.455. The van der Waals surface area contributed by atoms with Crippen molar-refractivity contribution in [2.45, 2.75) is 18.8 Å². The number of nitrogens with one attached hydrogen (secondary N) is 1. The van der Waals surface area contributed by atoms with Gasteiger partial charge in [0.2, 0.25) is 0 Å². The number of hydrogen-bond donors (Lipinski definition) is 1. The molecule has 0 saturated carbocycles. The predicted molar refractivity (Wildman–Crippen MR) is 51.2 cm³/mol. The molecule has 0 amide bonds. The average Bonchev–Trinajstić information content (AvgIpc) is 2.20. The Hall–Kier alpha value is 1.32. The summed E-state index contributed by atoms with van der Waals surface area (Å²) in [5, 5.41) is 3.32. The molecule has 2 radical (unpaired) electrons. The van der Waals surface area contributed by atoms with Gasteiger partial charge in [-0.3, -0.25) is 0 Å². The van der Waals surface area contributed by atoms with Crippen LogP contribution >= 0.6 is 0 Å². The summed E-state index contributed by atoms with van der Waals surface area (Å²) in [6.07, 6.45) is 2.34. The molecule has 76 valence electrons. The van der Waals surface area contributed by atoms with Gasteiger partial charge in [0.25, 0.3) is 0 Å². The van der Waals surface area contributed by atoms with E-state index in [0.717, 1.165) is 13.1 Å². The Kier molecular flexibility index (Phi) is 9.15. The van der Waals surface area contributed by atoms with Crippen LogP contribution in [0.3, 0.4) is 0 Å². The Bertz CT molecular complexity index is 270. The van der Waals surface area contributed by atoms with Crippen LogP contribution in [-0.2, 0) is 65.4 Å². The molecule has 0 atom stereocenters. The summed E-state index contributed by atoms with van der Waals surface area (Å²) >= 11 is 0. The van der Waals surface area contributed by atoms with E-state index < -0.39 is 0 Å². The maximum atomic E-state index is 12.6. The van der Waals surface area contributed by atoms with Crippen LogP contribution in [0.4, 0.5) is 4.39 Å². The second-order valence-electron chi connectivity index (χ2n) is 3.58. The minimum Gasteiger partial charge on any atom is -0.317 e. The summed E-state index contributed by atoms with van der Waals surface area (Å²) in [5.74, 6) is 0.486. The van der Waals surface area contributed by atoms with Crippen LogP contribution in [0.15, 0.2) is 24.3 Å². The van der Waals surface area contributed by atoms with Crippen molar-refractivity contribution in [1.29, 1.82) is 0 Å². The van der Waals surface area contributed by atoms with Crippen molar-refractivity contribution in [2.75, 3.05) is 13.1 Å². The van der Waals surface area contributed by atoms with Gasteiger partial charge in [-0.25, -0.2) is 4.39 Å². The van der Waals surface area contributed by atoms with Gasteiger partial charge in [0.1, 0.15) is 5.82 Å². The minimum absolute atomic E-state index is 0. The van der Waals surface area contributed by atoms with E-state index in [4.69, 9.17) is 0 Å². The van der Waals surface area contributed by atoms with Gasteiger partial charge in [-0.15, -0.1) is 0 Å². The largest absolute Gasteiger partial charge is 0.317 e. The van der Waals surface area contributed by atoms with Crippen molar-refractivity contribution >= 4 is 0 Å². The zero-order valence-electron chi connectivity index (χ0n) is 8.75. The van der Waals surface area contributed by atoms with Crippen molar-refractivity contribution in [1.82, 2.24) is 5.32 Å². The van der Waals surface area contributed by atoms with E-state index in [0.29, 0.717) is 5.92 Å². The molecular weight excluding hydrogens is 343 g/mol. The molecule has 1 nitrogen and oxygen atoms in total. The van der Waals surface area contributed by atoms with E-state index >= 15 is 0 Å². The molecular formula is C11H14FNY2. The fourth-order valence-corrected chi connectivity index (χ4v) is 1.89. The van der Waals surface area contributed by atoms with Crippen molar-refractivity contribution in [3.8, 4) is 0 Å². The Morgan fingerprint density at radius 2 is 1.53 bits per heavy atom. The van der Waals surface area contributed by atoms with Gasteiger partial charge >= 0.3 is 0 Å². The Labute approximate surface area is 141 Å². The van der Waals surface area contributed by atoms with Gasteiger partial charge in [-0.2, -0.15) is 0 Å². The quantitative estimate of drug-likeness (QED) is 0.814. The average molecular weight is 357 g/mol. The first-order valence-electron chi connectivity index (χ1n) is 4.82. The van der Waals surface area contributed by atoms with Crippen LogP contribution in [0.1, 0.15) is 24.3 Å². The van der Waals surface area contributed by atoms with E-state index in [-0.39, 0.29) is 71.2 Å². The molecule has 0 spiro atoms. The predicted octanol–water partition coefficient (Wildman–Crippen LogP) is 2.29. The maximum absolute atomic E-state index is 12.6. The third-order valence-electron chi connectivity index (χ3n) is 2.68. The third-order valence-corrected chi connectivity index (χ3v) is 2.68. The molecule has 1 fully saturated rings. The van der Waals surface area contributed by atoms with Crippen molar-refractivity contribution in [2.24, 2.45) is 0 Å². The van der Waals surface area contributed by atoms with Gasteiger partial charge in [-0.05, 0) is 49.5 Å². The number of piperidine rings is 1. The van der Waals surface area contributed by atoms with Crippen LogP contribution in [0.5, 0.6) is 0 Å². The standard InChI is InChI=1S/C11H14FN.2Y/c12-11-3-1-9(2-4-11)10-5-7-13-8-6-10;;/h1-4,10,13H,5-8H2;;. The van der Waals surface area contributed by atoms with Crippen LogP contribution in [0.25, 0.3) is 0 Å². The first-order chi connectivity index (χ1) is 6.36. The monoisotopic (exact) mass is 357 g/mol. The Morgan fingerprint density at radius 1 is 1.00 bits per heavy atom. The van der Waals surface area contributed by atoms with Crippen molar-refractivity contribution < 1.29 is 69.8 Å². The summed E-state index contributed by atoms with van der Waals surface area (Å²) in [4.78, 5) is 0. The van der Waals surface area contributed by atoms with Gasteiger partial charge in [0, 0.05) is 65.4 Å². The SMILES string of the molecule is Fc1ccc(C2CCNCC2)cc1.[Y].[Y]. The number of benzene rings is 1. The zero-order valence-corrected chi connectivity index (χ0v) is 14.4. The molecule has 1 saturated heterocycles. The molecule has 1 aliphatic rings. The van der Waals surface area contributed by atoms with Gasteiger partial charge in [0.05, 0.1) is 0 Å². The summed E-state index contributed by atoms with van der Waals surface area (Å²) in [6, 6.07) is 6.92. The molecule has 0 bridgehead atoms. The molecule has 0 aromatic heterocycles. The van der Waals surface area contributed by atoms with E-state index in [2.05, 4.69) is 5.32 Å². The second kappa shape index (κ2) is 8.41. The second-order valence-corrected chi connectivity index (χ2v) is 3.58. The fourth-order valence-electron chi connectivity index (χ4n) is 1.89. The topological polar surface area (TPSA) is 12.0 Å². The molecule has 1 N–H and O–H groups in total. The van der Waals surface area contributed by atoms with E-state index in [9.17, 15) is 4.39 Å². The molecule has 1 aliphatic heterocycles. The summed E-state index contributed by atoms with van der Waals surface area (Å²) in [6.45, 7) is 2.17. The number of rotatable bonds is 1. The van der Waals surface area contributed by atoms with E-state index in [1.165, 1.54) is 18.4 Å². The van der Waals surface area contributed by atoms with Crippen LogP contribution < -0.4 is 5.32 Å². The number of halogens is 1. The smallest absolute Gasteiger partial charge is 0.123 e. The number of hydrogen-bond acceptors (Lipinski definition) is 1. The first kappa shape index (κ1) is 16.3. The van der Waals surface area contributed by atoms with E-state index in [1.807, 2.05) is 12.1 Å². The molecule has 2 rings (SSSR count). The van der Waals surface area contributed by atoms with Crippen molar-refractivity contribution in [3.05, 3.63) is 35.6 Å². The van der Waals surface area contributed by atoms with Gasteiger partial charge in [-0.1, -0.05) is 12.1 Å². The zero-order chi connectivity index (χ0) is 9.10. The normalized spacial score (nSPS) is 16.3. The van der Waals surface area contributed by atoms with Gasteiger partial charge < -0.3 is 5.32 Å². The Morgan fingerprint density at radius 3 is 2.07 bits per heavy atom. The van der Waals surface area contributed by atoms with Crippen LogP contribution in [0.2, 0.25) is 0 Å². The summed E-state index contributed by atoms with van der Waals surface area (Å²) < 4.78 is 12.6. The maximum Gasteiger partial charge on any atom is 0.123 e. The minimum atomic E-state index is -0.141. The summed E-state index contributed by atoms with van der Waals surface area (Å²) in [7, 11) is 0. The first-order valence-corrected chi connectivity index (χ1v) is 4.82. The van der Waals surface area contributed by atoms with Gasteiger partial charge in [0.15, 0.2) is 0 Å². The molecule has 1 aromatic rings. The van der Waals surface area contributed by atoms with E-state index in [1.54, 1.807) is 12.1 Å². The van der Waals surface area contributed by atoms with Crippen LogP contribution in [-0.4, -0.2) is 13.1 Å². The molecule has 4 heteroatoms. The van der Waals surface area contributed by atoms with Crippen LogP contribution in [0, 0.1) is 5.82 Å².